The van der Waals surface area contributed by atoms with Crippen molar-refractivity contribution in [2.45, 2.75) is 6.54 Å². The summed E-state index contributed by atoms with van der Waals surface area (Å²) in [6, 6.07) is 14.4. The standard InChI is InChI=1S/C22H19FN4O2S/c23-16-6-2-3-7-17(16)25-9-11-26(12-10-25)19(28)13-27-14-24-20-15-5-1-4-8-18(15)30-21(20)22(27)29/h1-8,14H,9-13H2. The normalized spacial score (nSPS) is 14.6. The number of fused-ring (bicyclic) bond motifs is 3. The molecule has 0 radical (unpaired) electrons. The molecule has 1 saturated heterocycles. The maximum absolute atomic E-state index is 14.0. The molecule has 1 aliphatic rings. The lowest BCUT2D eigenvalue weighted by Gasteiger charge is -2.36. The highest BCUT2D eigenvalue weighted by Crippen LogP contribution is 2.29. The number of halogens is 1. The van der Waals surface area contributed by atoms with E-state index in [4.69, 9.17) is 0 Å². The number of rotatable bonds is 3. The van der Waals surface area contributed by atoms with E-state index in [1.54, 1.807) is 23.1 Å². The van der Waals surface area contributed by atoms with Gasteiger partial charge >= 0.3 is 0 Å². The number of benzene rings is 2. The Bertz CT molecular complexity index is 1310. The van der Waals surface area contributed by atoms with Crippen LogP contribution in [0.3, 0.4) is 0 Å². The van der Waals surface area contributed by atoms with E-state index in [2.05, 4.69) is 4.98 Å². The Balaban J connectivity index is 1.32. The molecule has 0 atom stereocenters. The van der Waals surface area contributed by atoms with Crippen molar-refractivity contribution in [2.24, 2.45) is 0 Å². The molecule has 2 aromatic carbocycles. The van der Waals surface area contributed by atoms with Gasteiger partial charge in [0, 0.05) is 36.3 Å². The molecule has 30 heavy (non-hydrogen) atoms. The second-order valence-corrected chi connectivity index (χ2v) is 8.33. The van der Waals surface area contributed by atoms with Crippen molar-refractivity contribution >= 4 is 43.2 Å². The molecular formula is C22H19FN4O2S. The van der Waals surface area contributed by atoms with Gasteiger partial charge in [0.2, 0.25) is 5.91 Å². The molecule has 6 nitrogen and oxygen atoms in total. The molecular weight excluding hydrogens is 403 g/mol. The Morgan fingerprint density at radius 2 is 1.77 bits per heavy atom. The highest BCUT2D eigenvalue weighted by Gasteiger charge is 2.23. The second kappa shape index (κ2) is 7.53. The lowest BCUT2D eigenvalue weighted by molar-refractivity contribution is -0.132. The quantitative estimate of drug-likeness (QED) is 0.509. The molecule has 152 valence electrons. The minimum atomic E-state index is -0.258. The first kappa shape index (κ1) is 18.7. The summed E-state index contributed by atoms with van der Waals surface area (Å²) in [7, 11) is 0. The maximum Gasteiger partial charge on any atom is 0.271 e. The molecule has 5 rings (SSSR count). The summed E-state index contributed by atoms with van der Waals surface area (Å²) in [4.78, 5) is 33.8. The maximum atomic E-state index is 14.0. The van der Waals surface area contributed by atoms with E-state index in [1.807, 2.05) is 29.2 Å². The van der Waals surface area contributed by atoms with Gasteiger partial charge < -0.3 is 9.80 Å². The molecule has 1 fully saturated rings. The third kappa shape index (κ3) is 3.23. The molecule has 3 heterocycles. The Labute approximate surface area is 175 Å². The zero-order valence-corrected chi connectivity index (χ0v) is 16.9. The number of carbonyl (C=O) groups is 1. The van der Waals surface area contributed by atoms with Crippen molar-refractivity contribution in [3.8, 4) is 0 Å². The van der Waals surface area contributed by atoms with E-state index in [0.29, 0.717) is 42.1 Å². The SMILES string of the molecule is O=C(Cn1cnc2c(sc3ccccc32)c1=O)N1CCN(c2ccccc2F)CC1. The molecule has 4 aromatic rings. The van der Waals surface area contributed by atoms with E-state index in [-0.39, 0.29) is 23.8 Å². The summed E-state index contributed by atoms with van der Waals surface area (Å²) in [5, 5.41) is 0.956. The predicted octanol–water partition coefficient (Wildman–Crippen LogP) is 3.10. The molecule has 8 heteroatoms. The van der Waals surface area contributed by atoms with Gasteiger partial charge in [0.05, 0.1) is 17.5 Å². The predicted molar refractivity (Wildman–Crippen MR) is 117 cm³/mol. The van der Waals surface area contributed by atoms with Gasteiger partial charge in [-0.15, -0.1) is 11.3 Å². The van der Waals surface area contributed by atoms with Gasteiger partial charge in [-0.05, 0) is 18.2 Å². The number of aromatic nitrogens is 2. The van der Waals surface area contributed by atoms with Crippen molar-refractivity contribution in [1.82, 2.24) is 14.5 Å². The average molecular weight is 422 g/mol. The first-order valence-corrected chi connectivity index (χ1v) is 10.6. The van der Waals surface area contributed by atoms with Crippen LogP contribution in [-0.2, 0) is 11.3 Å². The highest BCUT2D eigenvalue weighted by molar-refractivity contribution is 7.25. The van der Waals surface area contributed by atoms with Crippen molar-refractivity contribution in [3.05, 3.63) is 71.0 Å². The smallest absolute Gasteiger partial charge is 0.271 e. The van der Waals surface area contributed by atoms with Crippen molar-refractivity contribution < 1.29 is 9.18 Å². The van der Waals surface area contributed by atoms with Crippen molar-refractivity contribution in [3.63, 3.8) is 0 Å². The summed E-state index contributed by atoms with van der Waals surface area (Å²) < 4.78 is 16.9. The van der Waals surface area contributed by atoms with Crippen LogP contribution in [0.4, 0.5) is 10.1 Å². The first-order valence-electron chi connectivity index (χ1n) is 9.76. The third-order valence-corrected chi connectivity index (χ3v) is 6.63. The van der Waals surface area contributed by atoms with E-state index in [9.17, 15) is 14.0 Å². The lowest BCUT2D eigenvalue weighted by atomic mass is 10.2. The fraction of sp³-hybridized carbons (Fsp3) is 0.227. The first-order chi connectivity index (χ1) is 14.6. The molecule has 0 aliphatic carbocycles. The summed E-state index contributed by atoms with van der Waals surface area (Å²) in [5.74, 6) is -0.390. The number of anilines is 1. The summed E-state index contributed by atoms with van der Waals surface area (Å²) in [5.41, 5.74) is 1.04. The van der Waals surface area contributed by atoms with Gasteiger partial charge in [0.15, 0.2) is 0 Å². The molecule has 0 spiro atoms. The summed E-state index contributed by atoms with van der Waals surface area (Å²) in [6.07, 6.45) is 1.46. The van der Waals surface area contributed by atoms with Crippen LogP contribution in [-0.4, -0.2) is 46.5 Å². The largest absolute Gasteiger partial charge is 0.366 e. The van der Waals surface area contributed by atoms with Gasteiger partial charge in [-0.3, -0.25) is 14.2 Å². The number of hydrogen-bond acceptors (Lipinski definition) is 5. The molecule has 2 aromatic heterocycles. The van der Waals surface area contributed by atoms with E-state index < -0.39 is 0 Å². The second-order valence-electron chi connectivity index (χ2n) is 7.27. The van der Waals surface area contributed by atoms with Crippen LogP contribution < -0.4 is 10.5 Å². The number of hydrogen-bond donors (Lipinski definition) is 0. The highest BCUT2D eigenvalue weighted by atomic mass is 32.1. The minimum Gasteiger partial charge on any atom is -0.366 e. The zero-order chi connectivity index (χ0) is 20.7. The number of amides is 1. The topological polar surface area (TPSA) is 58.4 Å². The van der Waals surface area contributed by atoms with Gasteiger partial charge in [-0.2, -0.15) is 0 Å². The summed E-state index contributed by atoms with van der Waals surface area (Å²) >= 11 is 1.40. The van der Waals surface area contributed by atoms with Crippen LogP contribution in [0.25, 0.3) is 20.3 Å². The van der Waals surface area contributed by atoms with E-state index in [1.165, 1.54) is 28.3 Å². The van der Waals surface area contributed by atoms with Gasteiger partial charge in [-0.1, -0.05) is 30.3 Å². The van der Waals surface area contributed by atoms with Gasteiger partial charge in [0.25, 0.3) is 5.56 Å². The number of thiophene rings is 1. The molecule has 1 aliphatic heterocycles. The van der Waals surface area contributed by atoms with Crippen LogP contribution in [0.15, 0.2) is 59.7 Å². The molecule has 0 N–H and O–H groups in total. The van der Waals surface area contributed by atoms with Crippen LogP contribution in [0.5, 0.6) is 0 Å². The number of para-hydroxylation sites is 1. The van der Waals surface area contributed by atoms with Crippen molar-refractivity contribution in [2.75, 3.05) is 31.1 Å². The van der Waals surface area contributed by atoms with Crippen LogP contribution in [0.2, 0.25) is 0 Å². The van der Waals surface area contributed by atoms with Crippen LogP contribution in [0.1, 0.15) is 0 Å². The molecule has 0 unspecified atom stereocenters. The Kier molecular flexibility index (Phi) is 4.71. The fourth-order valence-corrected chi connectivity index (χ4v) is 4.98. The summed E-state index contributed by atoms with van der Waals surface area (Å²) in [6.45, 7) is 2.03. The van der Waals surface area contributed by atoms with E-state index in [0.717, 1.165) is 10.1 Å². The van der Waals surface area contributed by atoms with Crippen molar-refractivity contribution in [1.29, 1.82) is 0 Å². The zero-order valence-electron chi connectivity index (χ0n) is 16.1. The van der Waals surface area contributed by atoms with Gasteiger partial charge in [0.1, 0.15) is 17.1 Å². The van der Waals surface area contributed by atoms with E-state index >= 15 is 0 Å². The molecule has 1 amide bonds. The Morgan fingerprint density at radius 1 is 1.03 bits per heavy atom. The number of piperazine rings is 1. The van der Waals surface area contributed by atoms with Crippen LogP contribution >= 0.6 is 11.3 Å². The monoisotopic (exact) mass is 422 g/mol. The lowest BCUT2D eigenvalue weighted by Crippen LogP contribution is -2.50. The molecule has 0 saturated carbocycles. The minimum absolute atomic E-state index is 0.0459. The fourth-order valence-electron chi connectivity index (χ4n) is 3.88. The number of carbonyl (C=O) groups excluding carboxylic acids is 1. The van der Waals surface area contributed by atoms with Crippen LogP contribution in [0, 0.1) is 5.82 Å². The molecule has 0 bridgehead atoms. The average Bonchev–Trinajstić information content (AvgIpc) is 3.16. The number of nitrogens with zero attached hydrogens (tertiary/aromatic N) is 4. The third-order valence-electron chi connectivity index (χ3n) is 5.48. The van der Waals surface area contributed by atoms with Gasteiger partial charge in [-0.25, -0.2) is 9.37 Å². The Morgan fingerprint density at radius 3 is 2.57 bits per heavy atom. The Hall–Kier alpha value is -3.26.